The number of esters is 1. The summed E-state index contributed by atoms with van der Waals surface area (Å²) >= 11 is 1.54. The van der Waals surface area contributed by atoms with Crippen LogP contribution < -0.4 is 10.1 Å². The largest absolute Gasteiger partial charge is 0.496 e. The summed E-state index contributed by atoms with van der Waals surface area (Å²) in [5.74, 6) is -0.868. The van der Waals surface area contributed by atoms with Gasteiger partial charge < -0.3 is 14.8 Å². The number of carbonyl (C=O) groups excluding carboxylic acids is 2. The molecule has 0 fully saturated rings. The zero-order valence-electron chi connectivity index (χ0n) is 14.3. The number of hydrogen-bond donors (Lipinski definition) is 1. The Hall–Kier alpha value is -2.94. The van der Waals surface area contributed by atoms with Crippen molar-refractivity contribution in [2.24, 2.45) is 0 Å². The van der Waals surface area contributed by atoms with Crippen molar-refractivity contribution < 1.29 is 24.0 Å². The zero-order valence-corrected chi connectivity index (χ0v) is 15.1. The molecule has 1 aromatic carbocycles. The Morgan fingerprint density at radius 1 is 1.35 bits per heavy atom. The number of thiophene rings is 1. The normalized spacial score (nSPS) is 11.5. The number of nitrogens with one attached hydrogen (secondary N) is 1. The maximum atomic E-state index is 12.2. The smallest absolute Gasteiger partial charge is 0.306 e. The summed E-state index contributed by atoms with van der Waals surface area (Å²) in [5, 5.41) is 17.4. The molecule has 0 aliphatic rings. The molecule has 1 amide bonds. The van der Waals surface area contributed by atoms with Gasteiger partial charge in [-0.1, -0.05) is 0 Å². The first kappa shape index (κ1) is 19.4. The number of aryl methyl sites for hydroxylation is 1. The molecule has 1 unspecified atom stereocenters. The highest BCUT2D eigenvalue weighted by molar-refractivity contribution is 7.07. The van der Waals surface area contributed by atoms with Gasteiger partial charge in [-0.3, -0.25) is 19.7 Å². The van der Waals surface area contributed by atoms with Crippen LogP contribution in [0.25, 0.3) is 0 Å². The summed E-state index contributed by atoms with van der Waals surface area (Å²) in [6.07, 6.45) is -0.399. The van der Waals surface area contributed by atoms with Gasteiger partial charge in [0.25, 0.3) is 11.6 Å². The molecule has 0 aliphatic heterocycles. The van der Waals surface area contributed by atoms with E-state index in [4.69, 9.17) is 9.47 Å². The average molecular weight is 378 g/mol. The molecule has 9 heteroatoms. The van der Waals surface area contributed by atoms with Gasteiger partial charge in [-0.15, -0.1) is 0 Å². The minimum Gasteiger partial charge on any atom is -0.496 e. The number of nitrogens with zero attached hydrogens (tertiary/aromatic N) is 1. The maximum absolute atomic E-state index is 12.2. The van der Waals surface area contributed by atoms with Crippen LogP contribution in [0.5, 0.6) is 5.75 Å². The van der Waals surface area contributed by atoms with E-state index in [0.717, 1.165) is 5.56 Å². The number of rotatable bonds is 8. The van der Waals surface area contributed by atoms with Gasteiger partial charge in [0.2, 0.25) is 0 Å². The molecule has 1 aromatic heterocycles. The minimum absolute atomic E-state index is 0.00183. The van der Waals surface area contributed by atoms with Crippen LogP contribution in [0.1, 0.15) is 18.9 Å². The van der Waals surface area contributed by atoms with Crippen LogP contribution in [-0.2, 0) is 20.7 Å². The quantitative estimate of drug-likeness (QED) is 0.429. The van der Waals surface area contributed by atoms with E-state index in [1.54, 1.807) is 0 Å². The van der Waals surface area contributed by atoms with E-state index in [2.05, 4.69) is 5.32 Å². The molecule has 1 atom stereocenters. The summed E-state index contributed by atoms with van der Waals surface area (Å²) < 4.78 is 10.0. The fraction of sp³-hybridized carbons (Fsp3) is 0.294. The Bertz CT molecular complexity index is 791. The van der Waals surface area contributed by atoms with Crippen LogP contribution in [0.2, 0.25) is 0 Å². The number of nitro groups is 1. The molecule has 2 rings (SSSR count). The van der Waals surface area contributed by atoms with Crippen molar-refractivity contribution in [3.05, 3.63) is 50.7 Å². The number of anilines is 1. The highest BCUT2D eigenvalue weighted by Gasteiger charge is 2.22. The van der Waals surface area contributed by atoms with Crippen molar-refractivity contribution in [3.63, 3.8) is 0 Å². The SMILES string of the molecule is COc1ccc(NC(=O)C(C)OC(=O)CCc2ccsc2)c([N+](=O)[O-])c1. The predicted octanol–water partition coefficient (Wildman–Crippen LogP) is 3.17. The molecule has 0 saturated heterocycles. The number of amides is 1. The van der Waals surface area contributed by atoms with Gasteiger partial charge in [-0.25, -0.2) is 0 Å². The van der Waals surface area contributed by atoms with Crippen molar-refractivity contribution in [3.8, 4) is 5.75 Å². The van der Waals surface area contributed by atoms with Gasteiger partial charge in [0.15, 0.2) is 6.10 Å². The summed E-state index contributed by atoms with van der Waals surface area (Å²) in [7, 11) is 1.38. The molecule has 0 saturated carbocycles. The summed E-state index contributed by atoms with van der Waals surface area (Å²) in [6, 6.07) is 5.96. The Labute approximate surface area is 153 Å². The Kier molecular flexibility index (Phi) is 6.67. The van der Waals surface area contributed by atoms with Crippen LogP contribution in [0.15, 0.2) is 35.0 Å². The van der Waals surface area contributed by atoms with Crippen LogP contribution in [0.4, 0.5) is 11.4 Å². The molecule has 26 heavy (non-hydrogen) atoms. The number of nitro benzene ring substituents is 1. The van der Waals surface area contributed by atoms with Gasteiger partial charge >= 0.3 is 5.97 Å². The van der Waals surface area contributed by atoms with E-state index in [-0.39, 0.29) is 17.8 Å². The number of methoxy groups -OCH3 is 1. The zero-order chi connectivity index (χ0) is 19.1. The lowest BCUT2D eigenvalue weighted by atomic mass is 10.2. The van der Waals surface area contributed by atoms with Gasteiger partial charge in [0.05, 0.1) is 18.1 Å². The molecule has 0 aliphatic carbocycles. The second-order valence-corrected chi connectivity index (χ2v) is 6.17. The molecule has 1 N–H and O–H groups in total. The minimum atomic E-state index is -1.08. The lowest BCUT2D eigenvalue weighted by Crippen LogP contribution is -2.30. The Morgan fingerprint density at radius 3 is 2.73 bits per heavy atom. The van der Waals surface area contributed by atoms with E-state index in [1.807, 2.05) is 16.8 Å². The predicted molar refractivity (Wildman–Crippen MR) is 96.5 cm³/mol. The summed E-state index contributed by atoms with van der Waals surface area (Å²) in [4.78, 5) is 34.5. The van der Waals surface area contributed by atoms with E-state index >= 15 is 0 Å². The first-order chi connectivity index (χ1) is 12.4. The van der Waals surface area contributed by atoms with Crippen molar-refractivity contribution in [1.82, 2.24) is 0 Å². The van der Waals surface area contributed by atoms with Gasteiger partial charge in [0, 0.05) is 6.42 Å². The molecule has 0 bridgehead atoms. The van der Waals surface area contributed by atoms with Gasteiger partial charge in [-0.05, 0) is 47.9 Å². The van der Waals surface area contributed by atoms with E-state index < -0.39 is 22.9 Å². The lowest BCUT2D eigenvalue weighted by Gasteiger charge is -2.14. The van der Waals surface area contributed by atoms with Gasteiger partial charge in [-0.2, -0.15) is 11.3 Å². The second-order valence-electron chi connectivity index (χ2n) is 5.39. The highest BCUT2D eigenvalue weighted by atomic mass is 32.1. The molecule has 0 spiro atoms. The second kappa shape index (κ2) is 8.95. The van der Waals surface area contributed by atoms with Gasteiger partial charge in [0.1, 0.15) is 11.4 Å². The standard InChI is InChI=1S/C17H18N2O6S/c1-11(25-16(20)6-3-12-7-8-26-10-12)17(21)18-14-5-4-13(24-2)9-15(14)19(22)23/h4-5,7-11H,3,6H2,1-2H3,(H,18,21). The molecule has 1 heterocycles. The summed E-state index contributed by atoms with van der Waals surface area (Å²) in [5.41, 5.74) is 0.716. The first-order valence-electron chi connectivity index (χ1n) is 7.74. The van der Waals surface area contributed by atoms with Crippen molar-refractivity contribution >= 4 is 34.6 Å². The molecule has 2 aromatic rings. The third kappa shape index (κ3) is 5.28. The van der Waals surface area contributed by atoms with Crippen LogP contribution in [0.3, 0.4) is 0 Å². The Morgan fingerprint density at radius 2 is 2.12 bits per heavy atom. The topological polar surface area (TPSA) is 108 Å². The first-order valence-corrected chi connectivity index (χ1v) is 8.69. The third-order valence-corrected chi connectivity index (χ3v) is 4.27. The van der Waals surface area contributed by atoms with E-state index in [9.17, 15) is 19.7 Å². The van der Waals surface area contributed by atoms with Crippen LogP contribution >= 0.6 is 11.3 Å². The number of carbonyl (C=O) groups is 2. The average Bonchev–Trinajstić information content (AvgIpc) is 3.13. The van der Waals surface area contributed by atoms with Crippen LogP contribution in [0, 0.1) is 10.1 Å². The molecule has 0 radical (unpaired) electrons. The Balaban J connectivity index is 1.94. The fourth-order valence-corrected chi connectivity index (χ4v) is 2.82. The fourth-order valence-electron chi connectivity index (χ4n) is 2.12. The lowest BCUT2D eigenvalue weighted by molar-refractivity contribution is -0.384. The van der Waals surface area contributed by atoms with Crippen molar-refractivity contribution in [2.75, 3.05) is 12.4 Å². The van der Waals surface area contributed by atoms with Crippen molar-refractivity contribution in [1.29, 1.82) is 0 Å². The van der Waals surface area contributed by atoms with E-state index in [1.165, 1.54) is 43.6 Å². The molecular formula is C17H18N2O6S. The number of hydrogen-bond acceptors (Lipinski definition) is 7. The van der Waals surface area contributed by atoms with E-state index in [0.29, 0.717) is 12.2 Å². The van der Waals surface area contributed by atoms with Crippen molar-refractivity contribution in [2.45, 2.75) is 25.9 Å². The monoisotopic (exact) mass is 378 g/mol. The third-order valence-electron chi connectivity index (χ3n) is 3.53. The molecular weight excluding hydrogens is 360 g/mol. The number of benzene rings is 1. The molecule has 8 nitrogen and oxygen atoms in total. The highest BCUT2D eigenvalue weighted by Crippen LogP contribution is 2.29. The molecule has 138 valence electrons. The summed E-state index contributed by atoms with van der Waals surface area (Å²) in [6.45, 7) is 1.41. The van der Waals surface area contributed by atoms with Crippen LogP contribution in [-0.4, -0.2) is 30.0 Å². The maximum Gasteiger partial charge on any atom is 0.306 e. The number of ether oxygens (including phenoxy) is 2.